The van der Waals surface area contributed by atoms with E-state index in [1.54, 1.807) is 0 Å². The van der Waals surface area contributed by atoms with Gasteiger partial charge in [-0.1, -0.05) is 12.1 Å². The largest absolute Gasteiger partial charge is 0.486 e. The minimum atomic E-state index is -0.0286. The highest BCUT2D eigenvalue weighted by molar-refractivity contribution is 14.0. The molecule has 2 aliphatic heterocycles. The Labute approximate surface area is 187 Å². The first kappa shape index (κ1) is 21.0. The van der Waals surface area contributed by atoms with Gasteiger partial charge in [0, 0.05) is 26.2 Å². The van der Waals surface area contributed by atoms with Gasteiger partial charge in [-0.15, -0.1) is 35.3 Å². The minimum absolute atomic E-state index is 0. The van der Waals surface area contributed by atoms with Crippen LogP contribution in [0, 0.1) is 0 Å². The van der Waals surface area contributed by atoms with Gasteiger partial charge in [0.15, 0.2) is 17.5 Å². The molecule has 1 aromatic carbocycles. The molecule has 0 amide bonds. The second kappa shape index (κ2) is 10.2. The number of fused-ring (bicyclic) bond motifs is 1. The van der Waals surface area contributed by atoms with Gasteiger partial charge in [0.2, 0.25) is 0 Å². The summed E-state index contributed by atoms with van der Waals surface area (Å²) in [4.78, 5) is 6.83. The number of aliphatic imine (C=N–C) groups is 1. The van der Waals surface area contributed by atoms with Crippen molar-refractivity contribution < 1.29 is 9.47 Å². The van der Waals surface area contributed by atoms with Crippen LogP contribution >= 0.6 is 35.3 Å². The summed E-state index contributed by atoms with van der Waals surface area (Å²) in [6, 6.07) is 12.5. The summed E-state index contributed by atoms with van der Waals surface area (Å²) in [5.74, 6) is 2.44. The lowest BCUT2D eigenvalue weighted by atomic mass is 10.1. The Kier molecular flexibility index (Phi) is 7.66. The molecule has 1 saturated heterocycles. The third kappa shape index (κ3) is 5.22. The summed E-state index contributed by atoms with van der Waals surface area (Å²) < 4.78 is 11.8. The molecule has 3 heterocycles. The minimum Gasteiger partial charge on any atom is -0.486 e. The molecule has 0 saturated carbocycles. The van der Waals surface area contributed by atoms with Crippen molar-refractivity contribution in [2.75, 3.05) is 38.2 Å². The van der Waals surface area contributed by atoms with E-state index in [2.05, 4.69) is 38.0 Å². The van der Waals surface area contributed by atoms with Crippen LogP contribution in [0.5, 0.6) is 11.5 Å². The fourth-order valence-electron chi connectivity index (χ4n) is 3.46. The Balaban J connectivity index is 0.00000225. The zero-order valence-corrected chi connectivity index (χ0v) is 19.1. The molecule has 1 aromatic heterocycles. The van der Waals surface area contributed by atoms with Gasteiger partial charge in [-0.3, -0.25) is 4.99 Å². The summed E-state index contributed by atoms with van der Waals surface area (Å²) in [5.41, 5.74) is 0. The Morgan fingerprint density at radius 2 is 1.96 bits per heavy atom. The molecule has 0 bridgehead atoms. The first-order chi connectivity index (χ1) is 13.3. The van der Waals surface area contributed by atoms with Gasteiger partial charge in [-0.25, -0.2) is 0 Å². The molecule has 2 aromatic rings. The third-order valence-corrected chi connectivity index (χ3v) is 5.87. The number of guanidine groups is 1. The molecule has 1 atom stereocenters. The highest BCUT2D eigenvalue weighted by Crippen LogP contribution is 2.30. The molecule has 28 heavy (non-hydrogen) atoms. The van der Waals surface area contributed by atoms with Crippen molar-refractivity contribution in [1.29, 1.82) is 0 Å². The van der Waals surface area contributed by atoms with Crippen LogP contribution in [0.2, 0.25) is 0 Å². The molecule has 0 aliphatic carbocycles. The van der Waals surface area contributed by atoms with Crippen molar-refractivity contribution in [3.63, 3.8) is 0 Å². The van der Waals surface area contributed by atoms with E-state index in [0.29, 0.717) is 19.2 Å². The second-order valence-corrected chi connectivity index (χ2v) is 7.73. The van der Waals surface area contributed by atoms with Crippen molar-refractivity contribution in [2.24, 2.45) is 4.99 Å². The van der Waals surface area contributed by atoms with Crippen LogP contribution in [0.1, 0.15) is 12.8 Å². The molecule has 152 valence electrons. The average molecular weight is 514 g/mol. The lowest BCUT2D eigenvalue weighted by Gasteiger charge is -2.34. The third-order valence-electron chi connectivity index (χ3n) is 4.94. The van der Waals surface area contributed by atoms with E-state index in [0.717, 1.165) is 43.4 Å². The number of para-hydroxylation sites is 2. The van der Waals surface area contributed by atoms with E-state index in [1.165, 1.54) is 5.00 Å². The van der Waals surface area contributed by atoms with Crippen LogP contribution in [0.3, 0.4) is 0 Å². The lowest BCUT2D eigenvalue weighted by molar-refractivity contribution is 0.0935. The zero-order chi connectivity index (χ0) is 18.5. The van der Waals surface area contributed by atoms with Gasteiger partial charge in [0.05, 0.1) is 11.5 Å². The Bertz CT molecular complexity index is 763. The molecule has 2 aliphatic rings. The van der Waals surface area contributed by atoms with Gasteiger partial charge in [0.1, 0.15) is 12.7 Å². The van der Waals surface area contributed by atoms with Crippen molar-refractivity contribution in [3.8, 4) is 11.5 Å². The van der Waals surface area contributed by atoms with Crippen LogP contribution in [-0.4, -0.2) is 51.4 Å². The van der Waals surface area contributed by atoms with E-state index in [4.69, 9.17) is 9.47 Å². The molecule has 2 N–H and O–H groups in total. The quantitative estimate of drug-likeness (QED) is 0.373. The summed E-state index contributed by atoms with van der Waals surface area (Å²) in [6.45, 7) is 3.35. The van der Waals surface area contributed by atoms with E-state index in [9.17, 15) is 0 Å². The maximum atomic E-state index is 6.00. The van der Waals surface area contributed by atoms with E-state index in [1.807, 2.05) is 42.6 Å². The van der Waals surface area contributed by atoms with Crippen LogP contribution in [0.15, 0.2) is 46.8 Å². The highest BCUT2D eigenvalue weighted by atomic mass is 127. The van der Waals surface area contributed by atoms with Gasteiger partial charge in [0.25, 0.3) is 0 Å². The van der Waals surface area contributed by atoms with Gasteiger partial charge >= 0.3 is 0 Å². The number of rotatable bonds is 4. The number of hydrogen-bond acceptors (Lipinski definition) is 5. The first-order valence-electron chi connectivity index (χ1n) is 9.46. The number of hydrogen-bond donors (Lipinski definition) is 2. The number of nitrogens with one attached hydrogen (secondary N) is 2. The number of ether oxygens (including phenoxy) is 2. The molecule has 4 rings (SSSR count). The molecule has 1 unspecified atom stereocenters. The summed E-state index contributed by atoms with van der Waals surface area (Å²) >= 11 is 1.81. The van der Waals surface area contributed by atoms with Crippen LogP contribution < -0.4 is 25.0 Å². The molecule has 1 fully saturated rings. The van der Waals surface area contributed by atoms with Crippen LogP contribution in [-0.2, 0) is 0 Å². The standard InChI is InChI=1S/C20H26N4O2S.HI/c1-21-20(22-13-16-14-25-17-5-2-3-6-18(17)26-16)23-15-8-10-24(11-9-15)19-7-4-12-27-19;/h2-7,12,15-16H,8-11,13-14H2,1H3,(H2,21,22,23);1H. The Morgan fingerprint density at radius 1 is 1.18 bits per heavy atom. The molecule has 6 nitrogen and oxygen atoms in total. The number of anilines is 1. The van der Waals surface area contributed by atoms with E-state index in [-0.39, 0.29) is 30.1 Å². The fourth-order valence-corrected chi connectivity index (χ4v) is 4.24. The van der Waals surface area contributed by atoms with Crippen molar-refractivity contribution in [1.82, 2.24) is 10.6 Å². The van der Waals surface area contributed by atoms with E-state index < -0.39 is 0 Å². The molecular weight excluding hydrogens is 487 g/mol. The number of thiophene rings is 1. The fraction of sp³-hybridized carbons (Fsp3) is 0.450. The topological polar surface area (TPSA) is 58.1 Å². The number of nitrogens with zero attached hydrogens (tertiary/aromatic N) is 2. The monoisotopic (exact) mass is 514 g/mol. The Morgan fingerprint density at radius 3 is 2.68 bits per heavy atom. The lowest BCUT2D eigenvalue weighted by Crippen LogP contribution is -2.51. The second-order valence-electron chi connectivity index (χ2n) is 6.81. The first-order valence-corrected chi connectivity index (χ1v) is 10.3. The number of halogens is 1. The zero-order valence-electron chi connectivity index (χ0n) is 16.0. The van der Waals surface area contributed by atoms with Gasteiger partial charge < -0.3 is 25.0 Å². The van der Waals surface area contributed by atoms with Gasteiger partial charge in [-0.2, -0.15) is 0 Å². The Hall–Kier alpha value is -1.68. The van der Waals surface area contributed by atoms with Crippen molar-refractivity contribution in [3.05, 3.63) is 41.8 Å². The van der Waals surface area contributed by atoms with E-state index >= 15 is 0 Å². The van der Waals surface area contributed by atoms with Crippen LogP contribution in [0.25, 0.3) is 0 Å². The number of benzene rings is 1. The summed E-state index contributed by atoms with van der Waals surface area (Å²) in [5, 5.41) is 10.4. The average Bonchev–Trinajstić information content (AvgIpc) is 3.26. The van der Waals surface area contributed by atoms with Crippen molar-refractivity contribution >= 4 is 46.3 Å². The summed E-state index contributed by atoms with van der Waals surface area (Å²) in [7, 11) is 1.81. The van der Waals surface area contributed by atoms with Crippen LogP contribution in [0.4, 0.5) is 5.00 Å². The maximum Gasteiger partial charge on any atom is 0.191 e. The molecule has 0 spiro atoms. The van der Waals surface area contributed by atoms with Crippen molar-refractivity contribution in [2.45, 2.75) is 25.0 Å². The SMILES string of the molecule is CN=C(NCC1COc2ccccc2O1)NC1CCN(c2cccs2)CC1.I. The number of piperidine rings is 1. The predicted molar refractivity (Wildman–Crippen MR) is 126 cm³/mol. The smallest absolute Gasteiger partial charge is 0.191 e. The predicted octanol–water partition coefficient (Wildman–Crippen LogP) is 3.34. The van der Waals surface area contributed by atoms with Gasteiger partial charge in [-0.05, 0) is 42.5 Å². The highest BCUT2D eigenvalue weighted by Gasteiger charge is 2.23. The normalized spacial score (nSPS) is 19.7. The molecular formula is C20H27IN4O2S. The maximum absolute atomic E-state index is 6.00. The summed E-state index contributed by atoms with van der Waals surface area (Å²) in [6.07, 6.45) is 2.18. The molecule has 0 radical (unpaired) electrons. The molecule has 8 heteroatoms.